The van der Waals surface area contributed by atoms with E-state index in [9.17, 15) is 9.59 Å². The van der Waals surface area contributed by atoms with Crippen molar-refractivity contribution in [1.82, 2.24) is 19.8 Å². The Hall–Kier alpha value is -3.09. The molecule has 0 bridgehead atoms. The van der Waals surface area contributed by atoms with Crippen molar-refractivity contribution in [2.24, 2.45) is 0 Å². The number of hydrogen-bond donors (Lipinski definition) is 3. The maximum absolute atomic E-state index is 12.2. The number of anilines is 2. The lowest BCUT2D eigenvalue weighted by molar-refractivity contribution is 0.198. The van der Waals surface area contributed by atoms with Crippen LogP contribution in [0.1, 0.15) is 72.1 Å². The molecule has 4 amide bonds. The van der Waals surface area contributed by atoms with Gasteiger partial charge in [0.1, 0.15) is 23.1 Å². The third kappa shape index (κ3) is 13.4. The van der Waals surface area contributed by atoms with Gasteiger partial charge in [-0.3, -0.25) is 10.6 Å². The van der Waals surface area contributed by atoms with Gasteiger partial charge in [0.05, 0.1) is 12.4 Å². The molecule has 3 aliphatic heterocycles. The van der Waals surface area contributed by atoms with Crippen molar-refractivity contribution >= 4 is 44.4 Å². The van der Waals surface area contributed by atoms with Crippen LogP contribution in [0.4, 0.5) is 21.2 Å². The number of carbonyl (C=O) groups excluding carboxylic acids is 2. The Labute approximate surface area is 276 Å². The SMILES string of the molecule is C1CCOC1.CC(C)(C)[Si](C)(C)Oc1ccc(NC(=O)N2CCCCC2)nc1.Cl.O=C(Nc1ccc(O)cn1)N1CCCCC1. The molecule has 0 radical (unpaired) electrons. The van der Waals surface area contributed by atoms with E-state index < -0.39 is 8.32 Å². The van der Waals surface area contributed by atoms with Crippen molar-refractivity contribution in [3.8, 4) is 11.5 Å². The molecule has 45 heavy (non-hydrogen) atoms. The zero-order valence-electron chi connectivity index (χ0n) is 27.6. The second-order valence-electron chi connectivity index (χ2n) is 12.9. The molecule has 0 aliphatic carbocycles. The molecule has 5 rings (SSSR count). The Kier molecular flexibility index (Phi) is 15.9. The number of halogens is 1. The summed E-state index contributed by atoms with van der Waals surface area (Å²) >= 11 is 0. The van der Waals surface area contributed by atoms with E-state index >= 15 is 0 Å². The van der Waals surface area contributed by atoms with Crippen LogP contribution in [0.5, 0.6) is 11.5 Å². The van der Waals surface area contributed by atoms with E-state index in [4.69, 9.17) is 14.3 Å². The minimum absolute atomic E-state index is 0. The summed E-state index contributed by atoms with van der Waals surface area (Å²) in [5.41, 5.74) is 0. The monoisotopic (exact) mass is 664 g/mol. The molecule has 5 heterocycles. The maximum Gasteiger partial charge on any atom is 0.323 e. The minimum atomic E-state index is -1.86. The lowest BCUT2D eigenvalue weighted by Gasteiger charge is -2.36. The van der Waals surface area contributed by atoms with E-state index in [1.165, 1.54) is 37.9 Å². The van der Waals surface area contributed by atoms with Crippen LogP contribution in [0.25, 0.3) is 0 Å². The largest absolute Gasteiger partial charge is 0.542 e. The highest BCUT2D eigenvalue weighted by atomic mass is 35.5. The number of urea groups is 2. The number of rotatable bonds is 4. The normalized spacial score (nSPS) is 16.6. The fourth-order valence-electron chi connectivity index (χ4n) is 4.50. The van der Waals surface area contributed by atoms with Gasteiger partial charge in [-0.15, -0.1) is 12.4 Å². The number of aromatic hydroxyl groups is 1. The smallest absolute Gasteiger partial charge is 0.323 e. The van der Waals surface area contributed by atoms with Crippen molar-refractivity contribution in [2.75, 3.05) is 50.0 Å². The molecule has 2 aromatic rings. The predicted molar refractivity (Wildman–Crippen MR) is 184 cm³/mol. The van der Waals surface area contributed by atoms with Gasteiger partial charge in [-0.05, 0) is 93.8 Å². The molecule has 3 saturated heterocycles. The van der Waals surface area contributed by atoms with Crippen LogP contribution in [-0.2, 0) is 4.74 Å². The zero-order valence-corrected chi connectivity index (χ0v) is 29.5. The Morgan fingerprint density at radius 1 is 0.778 bits per heavy atom. The molecular weight excluding hydrogens is 612 g/mol. The van der Waals surface area contributed by atoms with E-state index in [0.29, 0.717) is 11.6 Å². The molecule has 3 N–H and O–H groups in total. The summed E-state index contributed by atoms with van der Waals surface area (Å²) in [6.07, 6.45) is 12.3. The number of nitrogens with one attached hydrogen (secondary N) is 2. The van der Waals surface area contributed by atoms with Gasteiger partial charge in [0.2, 0.25) is 0 Å². The summed E-state index contributed by atoms with van der Waals surface area (Å²) in [6.45, 7) is 16.3. The van der Waals surface area contributed by atoms with E-state index in [1.54, 1.807) is 17.2 Å². The molecule has 3 fully saturated rings. The molecule has 252 valence electrons. The fourth-order valence-corrected chi connectivity index (χ4v) is 5.52. The summed E-state index contributed by atoms with van der Waals surface area (Å²) in [6, 6.07) is 6.60. The van der Waals surface area contributed by atoms with Gasteiger partial charge in [-0.1, -0.05) is 20.8 Å². The summed E-state index contributed by atoms with van der Waals surface area (Å²) in [5, 5.41) is 14.8. The van der Waals surface area contributed by atoms with Gasteiger partial charge in [-0.25, -0.2) is 19.6 Å². The third-order valence-electron chi connectivity index (χ3n) is 8.25. The second kappa shape index (κ2) is 18.8. The van der Waals surface area contributed by atoms with Crippen molar-refractivity contribution in [2.45, 2.75) is 90.3 Å². The van der Waals surface area contributed by atoms with Gasteiger partial charge in [0.25, 0.3) is 8.32 Å². The average molecular weight is 665 g/mol. The topological polar surface area (TPSA) is 129 Å². The first-order valence-electron chi connectivity index (χ1n) is 15.9. The van der Waals surface area contributed by atoms with Gasteiger partial charge in [-0.2, -0.15) is 0 Å². The zero-order chi connectivity index (χ0) is 32.0. The van der Waals surface area contributed by atoms with Crippen LogP contribution in [0.15, 0.2) is 36.7 Å². The molecule has 0 saturated carbocycles. The number of ether oxygens (including phenoxy) is 1. The lowest BCUT2D eigenvalue weighted by atomic mass is 10.1. The van der Waals surface area contributed by atoms with Gasteiger partial charge in [0, 0.05) is 39.4 Å². The molecule has 0 spiro atoms. The Morgan fingerprint density at radius 3 is 1.60 bits per heavy atom. The highest BCUT2D eigenvalue weighted by Crippen LogP contribution is 2.37. The summed E-state index contributed by atoms with van der Waals surface area (Å²) in [5.74, 6) is 1.90. The van der Waals surface area contributed by atoms with Crippen LogP contribution in [0, 0.1) is 0 Å². The van der Waals surface area contributed by atoms with E-state index in [2.05, 4.69) is 54.5 Å². The fraction of sp³-hybridized carbons (Fsp3) is 0.625. The number of likely N-dealkylation sites (tertiary alicyclic amines) is 2. The van der Waals surface area contributed by atoms with Crippen LogP contribution < -0.4 is 15.1 Å². The summed E-state index contributed by atoms with van der Waals surface area (Å²) in [4.78, 5) is 35.8. The number of nitrogens with zero attached hydrogens (tertiary/aromatic N) is 4. The minimum Gasteiger partial charge on any atom is -0.542 e. The first-order valence-corrected chi connectivity index (χ1v) is 18.9. The number of aromatic nitrogens is 2. The molecule has 2 aromatic heterocycles. The first-order chi connectivity index (χ1) is 20.9. The van der Waals surface area contributed by atoms with Gasteiger partial charge in [0.15, 0.2) is 0 Å². The summed E-state index contributed by atoms with van der Waals surface area (Å²) in [7, 11) is -1.86. The molecule has 0 unspecified atom stereocenters. The van der Waals surface area contributed by atoms with Crippen LogP contribution in [0.2, 0.25) is 18.1 Å². The Bertz CT molecular complexity index is 1140. The van der Waals surface area contributed by atoms with Crippen LogP contribution in [-0.4, -0.2) is 84.6 Å². The van der Waals surface area contributed by atoms with Gasteiger partial charge < -0.3 is 24.1 Å². The highest BCUT2D eigenvalue weighted by molar-refractivity contribution is 6.74. The number of piperidine rings is 2. The number of carbonyl (C=O) groups is 2. The number of hydrogen-bond acceptors (Lipinski definition) is 7. The van der Waals surface area contributed by atoms with Crippen molar-refractivity contribution in [3.63, 3.8) is 0 Å². The van der Waals surface area contributed by atoms with E-state index in [-0.39, 0.29) is 35.3 Å². The Morgan fingerprint density at radius 2 is 1.24 bits per heavy atom. The molecule has 0 aromatic carbocycles. The van der Waals surface area contributed by atoms with Crippen molar-refractivity contribution in [3.05, 3.63) is 36.7 Å². The summed E-state index contributed by atoms with van der Waals surface area (Å²) < 4.78 is 11.1. The molecule has 11 nitrogen and oxygen atoms in total. The van der Waals surface area contributed by atoms with Crippen LogP contribution in [0.3, 0.4) is 0 Å². The average Bonchev–Trinajstić information content (AvgIpc) is 3.61. The number of pyridine rings is 2. The number of amides is 4. The van der Waals surface area contributed by atoms with E-state index in [1.807, 2.05) is 17.0 Å². The van der Waals surface area contributed by atoms with Crippen LogP contribution >= 0.6 is 12.4 Å². The molecule has 0 atom stereocenters. The molecule has 13 heteroatoms. The first kappa shape index (κ1) is 38.1. The van der Waals surface area contributed by atoms with Crippen molar-refractivity contribution in [1.29, 1.82) is 0 Å². The Balaban J connectivity index is 0.000000276. The van der Waals surface area contributed by atoms with Crippen molar-refractivity contribution < 1.29 is 23.9 Å². The standard InChI is InChI=1S/C17H29N3O2Si.C11H15N3O2.C4H8O.ClH/c1-17(2,3)23(4,5)22-14-9-10-15(18-13-14)19-16(21)20-11-7-6-8-12-20;15-9-4-5-10(12-8-9)13-11(16)14-6-2-1-3-7-14;1-2-4-5-3-1;/h9-10,13H,6-8,11-12H2,1-5H3,(H,18,19,21);4-5,8,15H,1-3,6-7H2,(H,12,13,16);1-4H2;1H. The highest BCUT2D eigenvalue weighted by Gasteiger charge is 2.39. The quantitative estimate of drug-likeness (QED) is 0.289. The maximum atomic E-state index is 12.2. The molecular formula is C32H53ClN6O5Si. The third-order valence-corrected chi connectivity index (χ3v) is 12.6. The molecule has 3 aliphatic rings. The predicted octanol–water partition coefficient (Wildman–Crippen LogP) is 7.51. The van der Waals surface area contributed by atoms with Gasteiger partial charge >= 0.3 is 12.1 Å². The lowest BCUT2D eigenvalue weighted by Crippen LogP contribution is -2.43. The van der Waals surface area contributed by atoms with E-state index in [0.717, 1.165) is 70.8 Å². The second-order valence-corrected chi connectivity index (χ2v) is 17.6.